The number of hydrogen-bond donors (Lipinski definition) is 2. The Labute approximate surface area is 86.5 Å². The van der Waals surface area contributed by atoms with Gasteiger partial charge in [0, 0.05) is 22.8 Å². The summed E-state index contributed by atoms with van der Waals surface area (Å²) in [6.45, 7) is 1.85. The Morgan fingerprint density at radius 2 is 2.60 bits per heavy atom. The predicted molar refractivity (Wildman–Crippen MR) is 54.9 cm³/mol. The van der Waals surface area contributed by atoms with Crippen LogP contribution in [-0.2, 0) is 6.42 Å². The molecular weight excluding hydrogens is 196 g/mol. The maximum Gasteiger partial charge on any atom is 0.152 e. The number of aryl methyl sites for hydroxylation is 1. The zero-order valence-electron chi connectivity index (χ0n) is 8.33. The molecule has 1 rings (SSSR count). The van der Waals surface area contributed by atoms with E-state index in [2.05, 4.69) is 25.1 Å². The average molecular weight is 208 g/mol. The molecule has 0 fully saturated rings. The first-order chi connectivity index (χ1) is 7.26. The molecule has 1 unspecified atom stereocenters. The van der Waals surface area contributed by atoms with Crippen molar-refractivity contribution in [2.75, 3.05) is 0 Å². The van der Waals surface area contributed by atoms with Gasteiger partial charge < -0.3 is 10.2 Å². The summed E-state index contributed by atoms with van der Waals surface area (Å²) < 4.78 is 0. The van der Waals surface area contributed by atoms with Crippen LogP contribution < -0.4 is 0 Å². The topological polar surface area (TPSA) is 110 Å². The van der Waals surface area contributed by atoms with Crippen LogP contribution in [0.4, 0.5) is 0 Å². The summed E-state index contributed by atoms with van der Waals surface area (Å²) in [5, 5.41) is 14.7. The highest BCUT2D eigenvalue weighted by Crippen LogP contribution is 2.05. The largest absolute Gasteiger partial charge is 0.411 e. The Bertz CT molecular complexity index is 378. The average Bonchev–Trinajstić information content (AvgIpc) is 2.64. The monoisotopic (exact) mass is 208 g/mol. The summed E-state index contributed by atoms with van der Waals surface area (Å²) >= 11 is 0. The van der Waals surface area contributed by atoms with Gasteiger partial charge in [0.05, 0.1) is 0 Å². The molecule has 0 spiro atoms. The fraction of sp³-hybridized carbons (Fsp3) is 0.500. The number of aromatic nitrogens is 2. The van der Waals surface area contributed by atoms with Gasteiger partial charge in [-0.1, -0.05) is 17.2 Å². The van der Waals surface area contributed by atoms with Gasteiger partial charge in [0.1, 0.15) is 6.21 Å². The van der Waals surface area contributed by atoms with Crippen LogP contribution >= 0.6 is 0 Å². The van der Waals surface area contributed by atoms with Crippen molar-refractivity contribution in [1.82, 2.24) is 9.97 Å². The van der Waals surface area contributed by atoms with E-state index in [9.17, 15) is 0 Å². The smallest absolute Gasteiger partial charge is 0.152 e. The number of nitrogens with zero attached hydrogens (tertiary/aromatic N) is 5. The first-order valence-corrected chi connectivity index (χ1v) is 4.51. The van der Waals surface area contributed by atoms with Crippen molar-refractivity contribution in [2.45, 2.75) is 25.8 Å². The van der Waals surface area contributed by atoms with Gasteiger partial charge in [-0.2, -0.15) is 0 Å². The molecule has 0 aliphatic rings. The second-order valence-electron chi connectivity index (χ2n) is 3.13. The quantitative estimate of drug-likeness (QED) is 0.192. The number of oxime groups is 1. The number of imidazole rings is 1. The highest BCUT2D eigenvalue weighted by atomic mass is 16.4. The molecule has 7 nitrogen and oxygen atoms in total. The molecular formula is C8H12N6O. The lowest BCUT2D eigenvalue weighted by Crippen LogP contribution is -1.99. The minimum Gasteiger partial charge on any atom is -0.411 e. The lowest BCUT2D eigenvalue weighted by Gasteiger charge is -2.00. The van der Waals surface area contributed by atoms with Gasteiger partial charge in [-0.15, -0.1) is 0 Å². The Hall–Kier alpha value is -2.01. The second kappa shape index (κ2) is 5.66. The maximum atomic E-state index is 8.27. The van der Waals surface area contributed by atoms with E-state index in [0.29, 0.717) is 5.82 Å². The van der Waals surface area contributed by atoms with E-state index in [1.54, 1.807) is 6.20 Å². The minimum atomic E-state index is -0.0340. The summed E-state index contributed by atoms with van der Waals surface area (Å²) in [6.07, 6.45) is 4.38. The van der Waals surface area contributed by atoms with Crippen molar-refractivity contribution in [3.63, 3.8) is 0 Å². The number of nitrogens with one attached hydrogen (secondary N) is 1. The molecule has 0 aromatic carbocycles. The Balaban J connectivity index is 2.47. The molecule has 1 atom stereocenters. The summed E-state index contributed by atoms with van der Waals surface area (Å²) in [5.41, 5.74) is 9.12. The number of hydrogen-bond acceptors (Lipinski definition) is 4. The summed E-state index contributed by atoms with van der Waals surface area (Å²) in [7, 11) is 0. The lowest BCUT2D eigenvalue weighted by molar-refractivity contribution is 0.321. The van der Waals surface area contributed by atoms with Gasteiger partial charge in [-0.05, 0) is 18.4 Å². The predicted octanol–water partition coefficient (Wildman–Crippen LogP) is 1.85. The van der Waals surface area contributed by atoms with Crippen molar-refractivity contribution < 1.29 is 5.21 Å². The third kappa shape index (κ3) is 3.70. The van der Waals surface area contributed by atoms with Crippen LogP contribution in [0, 0.1) is 0 Å². The second-order valence-corrected chi connectivity index (χ2v) is 3.13. The molecule has 80 valence electrons. The molecule has 0 saturated carbocycles. The van der Waals surface area contributed by atoms with Crippen molar-refractivity contribution in [3.8, 4) is 0 Å². The number of H-pyrrole nitrogens is 1. The van der Waals surface area contributed by atoms with Crippen LogP contribution in [-0.4, -0.2) is 27.4 Å². The summed E-state index contributed by atoms with van der Waals surface area (Å²) in [4.78, 5) is 9.65. The zero-order chi connectivity index (χ0) is 11.1. The number of rotatable bonds is 5. The lowest BCUT2D eigenvalue weighted by atomic mass is 10.1. The van der Waals surface area contributed by atoms with E-state index in [0.717, 1.165) is 18.5 Å². The van der Waals surface area contributed by atoms with Crippen LogP contribution in [0.5, 0.6) is 0 Å². The van der Waals surface area contributed by atoms with Gasteiger partial charge in [-0.3, -0.25) is 0 Å². The highest BCUT2D eigenvalue weighted by Gasteiger charge is 2.02. The first kappa shape index (κ1) is 11.1. The third-order valence-corrected chi connectivity index (χ3v) is 1.91. The molecule has 0 aliphatic carbocycles. The van der Waals surface area contributed by atoms with Gasteiger partial charge in [0.15, 0.2) is 5.82 Å². The van der Waals surface area contributed by atoms with Crippen LogP contribution in [0.25, 0.3) is 10.4 Å². The Kier molecular flexibility index (Phi) is 4.18. The van der Waals surface area contributed by atoms with Crippen LogP contribution in [0.2, 0.25) is 0 Å². The first-order valence-electron chi connectivity index (χ1n) is 4.51. The van der Waals surface area contributed by atoms with Gasteiger partial charge in [-0.25, -0.2) is 4.98 Å². The standard InChI is InChI=1S/C8H12N6O/c1-6(13-14-9)2-3-7-4-10-8(12-7)5-11-15/h4-6,15H,2-3H2,1H3,(H,10,12). The fourth-order valence-electron chi connectivity index (χ4n) is 1.13. The maximum absolute atomic E-state index is 8.27. The van der Waals surface area contributed by atoms with E-state index < -0.39 is 0 Å². The molecule has 1 aromatic rings. The Morgan fingerprint density at radius 3 is 3.27 bits per heavy atom. The van der Waals surface area contributed by atoms with Crippen molar-refractivity contribution >= 4 is 6.21 Å². The molecule has 7 heteroatoms. The SMILES string of the molecule is CC(CCc1cnc(C=NO)[nH]1)N=[N+]=[N-]. The van der Waals surface area contributed by atoms with E-state index >= 15 is 0 Å². The van der Waals surface area contributed by atoms with E-state index in [4.69, 9.17) is 10.7 Å². The summed E-state index contributed by atoms with van der Waals surface area (Å²) in [6, 6.07) is -0.0340. The van der Waals surface area contributed by atoms with Crippen LogP contribution in [0.3, 0.4) is 0 Å². The molecule has 1 heterocycles. The number of azide groups is 1. The Morgan fingerprint density at radius 1 is 1.80 bits per heavy atom. The van der Waals surface area contributed by atoms with Crippen molar-refractivity contribution in [1.29, 1.82) is 0 Å². The van der Waals surface area contributed by atoms with E-state index in [1.165, 1.54) is 6.21 Å². The molecule has 0 saturated heterocycles. The fourth-order valence-corrected chi connectivity index (χ4v) is 1.13. The van der Waals surface area contributed by atoms with Gasteiger partial charge in [0.2, 0.25) is 0 Å². The molecule has 1 aromatic heterocycles. The number of aromatic amines is 1. The van der Waals surface area contributed by atoms with Crippen LogP contribution in [0.1, 0.15) is 24.9 Å². The van der Waals surface area contributed by atoms with E-state index in [1.807, 2.05) is 6.92 Å². The van der Waals surface area contributed by atoms with E-state index in [-0.39, 0.29) is 6.04 Å². The van der Waals surface area contributed by atoms with Gasteiger partial charge in [0.25, 0.3) is 0 Å². The van der Waals surface area contributed by atoms with Crippen LogP contribution in [0.15, 0.2) is 16.5 Å². The van der Waals surface area contributed by atoms with Crippen molar-refractivity contribution in [2.24, 2.45) is 10.3 Å². The molecule has 15 heavy (non-hydrogen) atoms. The summed E-state index contributed by atoms with van der Waals surface area (Å²) in [5.74, 6) is 0.504. The normalized spacial score (nSPS) is 12.6. The van der Waals surface area contributed by atoms with Crippen molar-refractivity contribution in [3.05, 3.63) is 28.2 Å². The highest BCUT2D eigenvalue weighted by molar-refractivity contribution is 5.73. The molecule has 0 bridgehead atoms. The van der Waals surface area contributed by atoms with Gasteiger partial charge >= 0.3 is 0 Å². The molecule has 0 aliphatic heterocycles. The molecule has 0 radical (unpaired) electrons. The zero-order valence-corrected chi connectivity index (χ0v) is 8.33. The minimum absolute atomic E-state index is 0.0340. The molecule has 2 N–H and O–H groups in total. The third-order valence-electron chi connectivity index (χ3n) is 1.91. The molecule has 0 amide bonds.